The Kier molecular flexibility index (Phi) is 3.71. The second kappa shape index (κ2) is 5.11. The Morgan fingerprint density at radius 2 is 2.11 bits per heavy atom. The lowest BCUT2D eigenvalue weighted by Crippen LogP contribution is -2.26. The molecule has 0 heterocycles. The lowest BCUT2D eigenvalue weighted by atomic mass is 9.82. The van der Waals surface area contributed by atoms with Gasteiger partial charge in [-0.15, -0.1) is 0 Å². The van der Waals surface area contributed by atoms with Gasteiger partial charge in [-0.1, -0.05) is 0 Å². The number of hydrogen-bond donors (Lipinski definition) is 0. The molecule has 0 radical (unpaired) electrons. The minimum atomic E-state index is 0.141. The van der Waals surface area contributed by atoms with E-state index in [2.05, 4.69) is 19.0 Å². The molecule has 0 aliphatic heterocycles. The highest BCUT2D eigenvalue weighted by Gasteiger charge is 2.28. The van der Waals surface area contributed by atoms with Crippen LogP contribution in [0.25, 0.3) is 0 Å². The predicted molar refractivity (Wildman–Crippen MR) is 72.4 cm³/mol. The number of ether oxygens (including phenoxy) is 1. The van der Waals surface area contributed by atoms with Gasteiger partial charge in [0, 0.05) is 11.6 Å². The van der Waals surface area contributed by atoms with Crippen LogP contribution in [0.2, 0.25) is 0 Å². The molecule has 1 aromatic carbocycles. The number of hydrogen-bond acceptors (Lipinski definition) is 3. The number of rotatable bonds is 3. The summed E-state index contributed by atoms with van der Waals surface area (Å²) < 4.78 is 5.45. The summed E-state index contributed by atoms with van der Waals surface area (Å²) in [7, 11) is 5.84. The van der Waals surface area contributed by atoms with Gasteiger partial charge in [0.05, 0.1) is 7.11 Å². The SMILES string of the molecule is COc1ccc(C(C)=O)c2c1CCC[C@@H]2N(C)C. The zero-order valence-electron chi connectivity index (χ0n) is 11.6. The van der Waals surface area contributed by atoms with Crippen molar-refractivity contribution in [3.05, 3.63) is 28.8 Å². The van der Waals surface area contributed by atoms with Crippen molar-refractivity contribution in [1.29, 1.82) is 0 Å². The largest absolute Gasteiger partial charge is 0.496 e. The van der Waals surface area contributed by atoms with Crippen molar-refractivity contribution in [1.82, 2.24) is 4.90 Å². The van der Waals surface area contributed by atoms with Crippen molar-refractivity contribution in [3.63, 3.8) is 0 Å². The van der Waals surface area contributed by atoms with Crippen LogP contribution < -0.4 is 4.74 Å². The Hall–Kier alpha value is -1.35. The first-order chi connectivity index (χ1) is 8.56. The molecule has 1 aromatic rings. The van der Waals surface area contributed by atoms with Gasteiger partial charge in [0.1, 0.15) is 5.75 Å². The fourth-order valence-corrected chi connectivity index (χ4v) is 2.91. The molecule has 1 aliphatic carbocycles. The molecule has 0 unspecified atom stereocenters. The topological polar surface area (TPSA) is 29.5 Å². The van der Waals surface area contributed by atoms with Crippen molar-refractivity contribution in [2.24, 2.45) is 0 Å². The average molecular weight is 247 g/mol. The Bertz CT molecular complexity index is 466. The van der Waals surface area contributed by atoms with Gasteiger partial charge in [0.25, 0.3) is 0 Å². The maximum Gasteiger partial charge on any atom is 0.160 e. The molecular weight excluding hydrogens is 226 g/mol. The van der Waals surface area contributed by atoms with E-state index < -0.39 is 0 Å². The monoisotopic (exact) mass is 247 g/mol. The summed E-state index contributed by atoms with van der Waals surface area (Å²) in [5, 5.41) is 0. The van der Waals surface area contributed by atoms with Crippen LogP contribution in [-0.2, 0) is 6.42 Å². The van der Waals surface area contributed by atoms with Crippen LogP contribution in [0.5, 0.6) is 5.75 Å². The van der Waals surface area contributed by atoms with E-state index in [0.717, 1.165) is 30.6 Å². The Balaban J connectivity index is 2.64. The first-order valence-corrected chi connectivity index (χ1v) is 6.43. The van der Waals surface area contributed by atoms with Gasteiger partial charge in [-0.3, -0.25) is 4.79 Å². The van der Waals surface area contributed by atoms with E-state index in [1.165, 1.54) is 11.1 Å². The molecule has 0 saturated heterocycles. The maximum absolute atomic E-state index is 11.8. The van der Waals surface area contributed by atoms with Crippen molar-refractivity contribution in [2.75, 3.05) is 21.2 Å². The van der Waals surface area contributed by atoms with Crippen molar-refractivity contribution < 1.29 is 9.53 Å². The van der Waals surface area contributed by atoms with Gasteiger partial charge in [-0.2, -0.15) is 0 Å². The molecule has 1 aliphatic rings. The van der Waals surface area contributed by atoms with E-state index in [-0.39, 0.29) is 5.78 Å². The van der Waals surface area contributed by atoms with Gasteiger partial charge < -0.3 is 9.64 Å². The number of methoxy groups -OCH3 is 1. The number of benzene rings is 1. The minimum Gasteiger partial charge on any atom is -0.496 e. The van der Waals surface area contributed by atoms with Gasteiger partial charge in [0.2, 0.25) is 0 Å². The summed E-state index contributed by atoms with van der Waals surface area (Å²) in [6, 6.07) is 4.15. The number of carbonyl (C=O) groups is 1. The summed E-state index contributed by atoms with van der Waals surface area (Å²) in [4.78, 5) is 14.0. The molecule has 0 saturated carbocycles. The first kappa shape index (κ1) is 13.1. The van der Waals surface area contributed by atoms with Crippen LogP contribution in [0.15, 0.2) is 12.1 Å². The average Bonchev–Trinajstić information content (AvgIpc) is 2.36. The van der Waals surface area contributed by atoms with Crippen molar-refractivity contribution in [3.8, 4) is 5.75 Å². The van der Waals surface area contributed by atoms with Crippen LogP contribution >= 0.6 is 0 Å². The molecule has 0 bridgehead atoms. The normalized spacial score (nSPS) is 18.6. The van der Waals surface area contributed by atoms with E-state index in [1.54, 1.807) is 14.0 Å². The van der Waals surface area contributed by atoms with E-state index in [0.29, 0.717) is 6.04 Å². The van der Waals surface area contributed by atoms with E-state index in [1.807, 2.05) is 12.1 Å². The maximum atomic E-state index is 11.8. The van der Waals surface area contributed by atoms with Crippen molar-refractivity contribution in [2.45, 2.75) is 32.2 Å². The quantitative estimate of drug-likeness (QED) is 0.769. The fraction of sp³-hybridized carbons (Fsp3) is 0.533. The van der Waals surface area contributed by atoms with E-state index in [4.69, 9.17) is 4.74 Å². The molecule has 18 heavy (non-hydrogen) atoms. The minimum absolute atomic E-state index is 0.141. The van der Waals surface area contributed by atoms with Crippen LogP contribution in [0.3, 0.4) is 0 Å². The summed E-state index contributed by atoms with van der Waals surface area (Å²) in [6.07, 6.45) is 3.25. The number of nitrogens with zero attached hydrogens (tertiary/aromatic N) is 1. The molecular formula is C15H21NO2. The third kappa shape index (κ3) is 2.15. The highest BCUT2D eigenvalue weighted by molar-refractivity contribution is 5.96. The molecule has 0 N–H and O–H groups in total. The van der Waals surface area contributed by atoms with Gasteiger partial charge in [0.15, 0.2) is 5.78 Å². The highest BCUT2D eigenvalue weighted by Crippen LogP contribution is 2.39. The predicted octanol–water partition coefficient (Wildman–Crippen LogP) is 2.84. The molecule has 3 heteroatoms. The summed E-state index contributed by atoms with van der Waals surface area (Å²) in [6.45, 7) is 1.64. The number of fused-ring (bicyclic) bond motifs is 1. The number of ketones is 1. The lowest BCUT2D eigenvalue weighted by Gasteiger charge is -2.33. The van der Waals surface area contributed by atoms with Crippen LogP contribution in [0.4, 0.5) is 0 Å². The Labute approximate surface area is 109 Å². The van der Waals surface area contributed by atoms with E-state index in [9.17, 15) is 4.79 Å². The van der Waals surface area contributed by atoms with Crippen LogP contribution in [0.1, 0.15) is 47.3 Å². The number of carbonyl (C=O) groups excluding carboxylic acids is 1. The summed E-state index contributed by atoms with van der Waals surface area (Å²) >= 11 is 0. The molecule has 0 fully saturated rings. The lowest BCUT2D eigenvalue weighted by molar-refractivity contribution is 0.101. The zero-order valence-corrected chi connectivity index (χ0v) is 11.6. The molecule has 1 atom stereocenters. The summed E-state index contributed by atoms with van der Waals surface area (Å²) in [5.74, 6) is 1.06. The molecule has 0 spiro atoms. The molecule has 3 nitrogen and oxygen atoms in total. The second-order valence-corrected chi connectivity index (χ2v) is 5.14. The Morgan fingerprint density at radius 1 is 1.39 bits per heavy atom. The third-order valence-corrected chi connectivity index (χ3v) is 3.77. The zero-order chi connectivity index (χ0) is 13.3. The third-order valence-electron chi connectivity index (χ3n) is 3.77. The Morgan fingerprint density at radius 3 is 2.67 bits per heavy atom. The smallest absolute Gasteiger partial charge is 0.160 e. The van der Waals surface area contributed by atoms with Crippen LogP contribution in [-0.4, -0.2) is 31.9 Å². The first-order valence-electron chi connectivity index (χ1n) is 6.43. The molecule has 0 aromatic heterocycles. The van der Waals surface area contributed by atoms with Gasteiger partial charge in [-0.05, 0) is 63.5 Å². The van der Waals surface area contributed by atoms with Gasteiger partial charge in [-0.25, -0.2) is 0 Å². The fourth-order valence-electron chi connectivity index (χ4n) is 2.91. The highest BCUT2D eigenvalue weighted by atomic mass is 16.5. The van der Waals surface area contributed by atoms with E-state index >= 15 is 0 Å². The summed E-state index contributed by atoms with van der Waals surface area (Å²) in [5.41, 5.74) is 3.25. The molecule has 2 rings (SSSR count). The molecule has 98 valence electrons. The standard InChI is InChI=1S/C15H21NO2/c1-10(17)11-8-9-14(18-4)12-6-5-7-13(15(11)12)16(2)3/h8-9,13H,5-7H2,1-4H3/t13-/m0/s1. The van der Waals surface area contributed by atoms with Crippen molar-refractivity contribution >= 4 is 5.78 Å². The van der Waals surface area contributed by atoms with Gasteiger partial charge >= 0.3 is 0 Å². The molecule has 0 amide bonds. The van der Waals surface area contributed by atoms with Crippen LogP contribution in [0, 0.1) is 0 Å². The second-order valence-electron chi connectivity index (χ2n) is 5.14. The number of Topliss-reactive ketones (excluding diaryl/α,β-unsaturated/α-hetero) is 1.